The summed E-state index contributed by atoms with van der Waals surface area (Å²) in [6, 6.07) is 12.4. The molecule has 0 radical (unpaired) electrons. The standard InChI is InChI=1S/C17H13FN2O3/c1-22-13-6-5-10-7-14(16(19)21)17(23-15(10)9-13)20-12-4-2-3-11(18)8-12/h2-9H,1H3,(H2,19,21). The lowest BCUT2D eigenvalue weighted by Crippen LogP contribution is -2.21. The molecule has 1 amide bonds. The number of hydrogen-bond donors (Lipinski definition) is 1. The smallest absolute Gasteiger partial charge is 0.254 e. The normalized spacial score (nSPS) is 11.7. The molecule has 0 bridgehead atoms. The van der Waals surface area contributed by atoms with Gasteiger partial charge in [0.05, 0.1) is 12.8 Å². The van der Waals surface area contributed by atoms with E-state index in [1.165, 1.54) is 25.3 Å². The molecule has 6 heteroatoms. The lowest BCUT2D eigenvalue weighted by molar-refractivity contribution is 0.0996. The summed E-state index contributed by atoms with van der Waals surface area (Å²) in [4.78, 5) is 15.8. The van der Waals surface area contributed by atoms with Crippen molar-refractivity contribution < 1.29 is 18.3 Å². The number of nitrogens with zero attached hydrogens (tertiary/aromatic N) is 1. The number of rotatable bonds is 3. The number of carbonyl (C=O) groups is 1. The minimum Gasteiger partial charge on any atom is -0.497 e. The van der Waals surface area contributed by atoms with Crippen molar-refractivity contribution in [2.24, 2.45) is 10.7 Å². The van der Waals surface area contributed by atoms with Crippen LogP contribution in [0, 0.1) is 5.82 Å². The molecule has 3 aromatic rings. The Hall–Kier alpha value is -3.15. The number of halogens is 1. The van der Waals surface area contributed by atoms with Gasteiger partial charge in [-0.3, -0.25) is 4.79 Å². The fraction of sp³-hybridized carbons (Fsp3) is 0.0588. The molecule has 0 spiro atoms. The van der Waals surface area contributed by atoms with Crippen molar-refractivity contribution in [2.75, 3.05) is 7.11 Å². The first kappa shape index (κ1) is 14.8. The average molecular weight is 312 g/mol. The Morgan fingerprint density at radius 2 is 2.04 bits per heavy atom. The SMILES string of the molecule is COc1ccc2cc(C(N)=O)c(=Nc3cccc(F)c3)oc2c1. The van der Waals surface area contributed by atoms with Crippen molar-refractivity contribution in [1.29, 1.82) is 0 Å². The molecule has 0 saturated carbocycles. The minimum absolute atomic E-state index is 0.0175. The van der Waals surface area contributed by atoms with E-state index in [1.807, 2.05) is 0 Å². The van der Waals surface area contributed by atoms with Crippen LogP contribution in [0.1, 0.15) is 10.4 Å². The largest absolute Gasteiger partial charge is 0.497 e. The molecule has 5 nitrogen and oxygen atoms in total. The van der Waals surface area contributed by atoms with Gasteiger partial charge in [-0.25, -0.2) is 9.38 Å². The fourth-order valence-electron chi connectivity index (χ4n) is 2.15. The number of methoxy groups -OCH3 is 1. The van der Waals surface area contributed by atoms with Crippen LogP contribution in [0.3, 0.4) is 0 Å². The zero-order chi connectivity index (χ0) is 16.4. The molecule has 0 aliphatic rings. The summed E-state index contributed by atoms with van der Waals surface area (Å²) in [6.07, 6.45) is 0. The van der Waals surface area contributed by atoms with Crippen LogP contribution in [0.2, 0.25) is 0 Å². The Balaban J connectivity index is 2.28. The lowest BCUT2D eigenvalue weighted by Gasteiger charge is -2.04. The number of fused-ring (bicyclic) bond motifs is 1. The molecule has 0 atom stereocenters. The van der Waals surface area contributed by atoms with Gasteiger partial charge in [0, 0.05) is 11.5 Å². The number of amides is 1. The maximum atomic E-state index is 13.3. The predicted molar refractivity (Wildman–Crippen MR) is 82.9 cm³/mol. The Morgan fingerprint density at radius 3 is 2.74 bits per heavy atom. The summed E-state index contributed by atoms with van der Waals surface area (Å²) in [5, 5.41) is 0.679. The van der Waals surface area contributed by atoms with Gasteiger partial charge in [0.1, 0.15) is 22.7 Å². The molecule has 0 unspecified atom stereocenters. The third kappa shape index (κ3) is 3.06. The van der Waals surface area contributed by atoms with Crippen molar-refractivity contribution in [2.45, 2.75) is 0 Å². The zero-order valence-electron chi connectivity index (χ0n) is 12.2. The summed E-state index contributed by atoms with van der Waals surface area (Å²) in [7, 11) is 1.54. The molecule has 23 heavy (non-hydrogen) atoms. The van der Waals surface area contributed by atoms with Gasteiger partial charge < -0.3 is 14.9 Å². The van der Waals surface area contributed by atoms with E-state index in [1.54, 1.807) is 30.3 Å². The summed E-state index contributed by atoms with van der Waals surface area (Å²) in [5.74, 6) is -0.513. The molecular weight excluding hydrogens is 299 g/mol. The zero-order valence-corrected chi connectivity index (χ0v) is 12.2. The van der Waals surface area contributed by atoms with E-state index in [0.29, 0.717) is 22.4 Å². The van der Waals surface area contributed by atoms with Crippen LogP contribution in [0.4, 0.5) is 10.1 Å². The second-order valence-electron chi connectivity index (χ2n) is 4.82. The topological polar surface area (TPSA) is 77.8 Å². The Labute approximate surface area is 130 Å². The van der Waals surface area contributed by atoms with Crippen molar-refractivity contribution in [1.82, 2.24) is 0 Å². The van der Waals surface area contributed by atoms with E-state index < -0.39 is 11.7 Å². The lowest BCUT2D eigenvalue weighted by atomic mass is 10.1. The Bertz CT molecular complexity index is 963. The first-order valence-corrected chi connectivity index (χ1v) is 6.79. The maximum absolute atomic E-state index is 13.3. The molecule has 1 heterocycles. The van der Waals surface area contributed by atoms with Gasteiger partial charge in [-0.05, 0) is 36.4 Å². The third-order valence-corrected chi connectivity index (χ3v) is 3.26. The quantitative estimate of drug-likeness (QED) is 0.807. The van der Waals surface area contributed by atoms with Gasteiger partial charge in [0.2, 0.25) is 5.55 Å². The second kappa shape index (κ2) is 5.92. The number of nitrogens with two attached hydrogens (primary N) is 1. The monoisotopic (exact) mass is 312 g/mol. The molecule has 0 fully saturated rings. The average Bonchev–Trinajstić information content (AvgIpc) is 2.53. The van der Waals surface area contributed by atoms with Gasteiger partial charge in [-0.1, -0.05) is 6.07 Å². The highest BCUT2D eigenvalue weighted by molar-refractivity contribution is 5.95. The maximum Gasteiger partial charge on any atom is 0.254 e. The van der Waals surface area contributed by atoms with Crippen LogP contribution in [0.15, 0.2) is 57.9 Å². The Kier molecular flexibility index (Phi) is 3.80. The molecule has 0 aliphatic heterocycles. The van der Waals surface area contributed by atoms with Crippen molar-refractivity contribution >= 4 is 22.6 Å². The minimum atomic E-state index is -0.679. The molecule has 3 rings (SSSR count). The van der Waals surface area contributed by atoms with Crippen molar-refractivity contribution in [3.63, 3.8) is 0 Å². The summed E-state index contributed by atoms with van der Waals surface area (Å²) >= 11 is 0. The second-order valence-corrected chi connectivity index (χ2v) is 4.82. The Morgan fingerprint density at radius 1 is 1.22 bits per heavy atom. The number of benzene rings is 2. The van der Waals surface area contributed by atoms with Crippen LogP contribution >= 0.6 is 0 Å². The van der Waals surface area contributed by atoms with Crippen LogP contribution in [0.5, 0.6) is 5.75 Å². The van der Waals surface area contributed by atoms with Crippen LogP contribution in [-0.2, 0) is 0 Å². The van der Waals surface area contributed by atoms with Crippen molar-refractivity contribution in [3.8, 4) is 5.75 Å². The number of ether oxygens (including phenoxy) is 1. The van der Waals surface area contributed by atoms with E-state index >= 15 is 0 Å². The van der Waals surface area contributed by atoms with Crippen LogP contribution < -0.4 is 16.0 Å². The van der Waals surface area contributed by atoms with E-state index in [-0.39, 0.29) is 11.1 Å². The van der Waals surface area contributed by atoms with Crippen molar-refractivity contribution in [3.05, 3.63) is 65.5 Å². The van der Waals surface area contributed by atoms with Gasteiger partial charge in [0.15, 0.2) is 0 Å². The fourth-order valence-corrected chi connectivity index (χ4v) is 2.15. The summed E-state index contributed by atoms with van der Waals surface area (Å²) < 4.78 is 24.1. The van der Waals surface area contributed by atoms with E-state index in [4.69, 9.17) is 14.9 Å². The summed E-state index contributed by atoms with van der Waals surface area (Å²) in [6.45, 7) is 0. The van der Waals surface area contributed by atoms with Gasteiger partial charge in [-0.15, -0.1) is 0 Å². The molecule has 2 aromatic carbocycles. The molecule has 116 valence electrons. The summed E-state index contributed by atoms with van der Waals surface area (Å²) in [5.41, 5.74) is 6.32. The third-order valence-electron chi connectivity index (χ3n) is 3.26. The van der Waals surface area contributed by atoms with E-state index in [0.717, 1.165) is 0 Å². The van der Waals surface area contributed by atoms with Crippen LogP contribution in [-0.4, -0.2) is 13.0 Å². The van der Waals surface area contributed by atoms with E-state index in [2.05, 4.69) is 4.99 Å². The van der Waals surface area contributed by atoms with Gasteiger partial charge in [-0.2, -0.15) is 0 Å². The number of carbonyl (C=O) groups excluding carboxylic acids is 1. The molecule has 0 aliphatic carbocycles. The molecule has 2 N–H and O–H groups in total. The molecular formula is C17H13FN2O3. The van der Waals surface area contributed by atoms with Gasteiger partial charge >= 0.3 is 0 Å². The number of primary amides is 1. The number of hydrogen-bond acceptors (Lipinski definition) is 4. The van der Waals surface area contributed by atoms with E-state index in [9.17, 15) is 9.18 Å². The van der Waals surface area contributed by atoms with Crippen LogP contribution in [0.25, 0.3) is 11.0 Å². The van der Waals surface area contributed by atoms with Gasteiger partial charge in [0.25, 0.3) is 5.91 Å². The highest BCUT2D eigenvalue weighted by Gasteiger charge is 2.10. The molecule has 1 aromatic heterocycles. The highest BCUT2D eigenvalue weighted by Crippen LogP contribution is 2.21. The first-order chi connectivity index (χ1) is 11.1. The highest BCUT2D eigenvalue weighted by atomic mass is 19.1. The molecule has 0 saturated heterocycles. The predicted octanol–water partition coefficient (Wildman–Crippen LogP) is 2.91. The first-order valence-electron chi connectivity index (χ1n) is 6.79.